The lowest BCUT2D eigenvalue weighted by Crippen LogP contribution is -2.49. The van der Waals surface area contributed by atoms with Gasteiger partial charge in [0.25, 0.3) is 0 Å². The van der Waals surface area contributed by atoms with E-state index in [1.54, 1.807) is 6.20 Å². The van der Waals surface area contributed by atoms with E-state index in [1.165, 1.54) is 6.20 Å². The number of likely N-dealkylation sites (tertiary alicyclic amines) is 1. The number of pyridine rings is 1. The topological polar surface area (TPSA) is 112 Å². The molecule has 1 aliphatic heterocycles. The van der Waals surface area contributed by atoms with Gasteiger partial charge in [0.05, 0.1) is 11.6 Å². The fourth-order valence-corrected chi connectivity index (χ4v) is 4.73. The summed E-state index contributed by atoms with van der Waals surface area (Å²) in [5, 5.41) is 14.3. The molecule has 5 rings (SSSR count). The SMILES string of the molecule is CC1CCN(C(=O)N[C@@H]2CCC[C@H](Nc3nc(-c4n[nH]c5ncccc45)ncc3F)C2)CC1. The van der Waals surface area contributed by atoms with Crippen LogP contribution in [0.1, 0.15) is 45.4 Å². The summed E-state index contributed by atoms with van der Waals surface area (Å²) in [6.45, 7) is 3.86. The Morgan fingerprint density at radius 2 is 2.00 bits per heavy atom. The Labute approximate surface area is 191 Å². The molecule has 3 aromatic rings. The molecule has 0 spiro atoms. The lowest BCUT2D eigenvalue weighted by molar-refractivity contribution is 0.167. The summed E-state index contributed by atoms with van der Waals surface area (Å²) in [6.07, 6.45) is 8.45. The number of hydrogen-bond donors (Lipinski definition) is 3. The summed E-state index contributed by atoms with van der Waals surface area (Å²) in [6, 6.07) is 3.78. The van der Waals surface area contributed by atoms with E-state index in [1.807, 2.05) is 17.0 Å². The van der Waals surface area contributed by atoms with Crippen molar-refractivity contribution < 1.29 is 9.18 Å². The molecule has 1 aliphatic carbocycles. The van der Waals surface area contributed by atoms with E-state index in [9.17, 15) is 9.18 Å². The van der Waals surface area contributed by atoms with E-state index in [0.717, 1.165) is 57.0 Å². The number of fused-ring (bicyclic) bond motifs is 1. The molecule has 2 amide bonds. The molecule has 3 N–H and O–H groups in total. The van der Waals surface area contributed by atoms with E-state index < -0.39 is 5.82 Å². The molecule has 9 nitrogen and oxygen atoms in total. The van der Waals surface area contributed by atoms with Gasteiger partial charge in [-0.2, -0.15) is 5.10 Å². The van der Waals surface area contributed by atoms with Crippen molar-refractivity contribution in [2.24, 2.45) is 5.92 Å². The Balaban J connectivity index is 1.25. The quantitative estimate of drug-likeness (QED) is 0.556. The van der Waals surface area contributed by atoms with Crippen molar-refractivity contribution in [1.82, 2.24) is 35.4 Å². The van der Waals surface area contributed by atoms with Crippen molar-refractivity contribution in [2.75, 3.05) is 18.4 Å². The van der Waals surface area contributed by atoms with Crippen LogP contribution in [0.4, 0.5) is 15.0 Å². The van der Waals surface area contributed by atoms with Crippen molar-refractivity contribution in [1.29, 1.82) is 0 Å². The Hall–Kier alpha value is -3.30. The number of carbonyl (C=O) groups excluding carboxylic acids is 1. The van der Waals surface area contributed by atoms with Crippen molar-refractivity contribution in [3.8, 4) is 11.5 Å². The number of hydrogen-bond acceptors (Lipinski definition) is 6. The second-order valence-electron chi connectivity index (χ2n) is 9.19. The number of aromatic nitrogens is 5. The zero-order chi connectivity index (χ0) is 22.8. The van der Waals surface area contributed by atoms with Gasteiger partial charge in [-0.05, 0) is 56.6 Å². The van der Waals surface area contributed by atoms with Crippen molar-refractivity contribution >= 4 is 22.9 Å². The van der Waals surface area contributed by atoms with Gasteiger partial charge < -0.3 is 15.5 Å². The highest BCUT2D eigenvalue weighted by atomic mass is 19.1. The normalized spacial score (nSPS) is 21.8. The van der Waals surface area contributed by atoms with Crippen LogP contribution in [0.25, 0.3) is 22.6 Å². The highest BCUT2D eigenvalue weighted by Gasteiger charge is 2.27. The van der Waals surface area contributed by atoms with Crippen LogP contribution in [0, 0.1) is 11.7 Å². The maximum Gasteiger partial charge on any atom is 0.317 e. The van der Waals surface area contributed by atoms with Crippen LogP contribution in [0.15, 0.2) is 24.5 Å². The number of anilines is 1. The summed E-state index contributed by atoms with van der Waals surface area (Å²) < 4.78 is 14.6. The third-order valence-corrected chi connectivity index (χ3v) is 6.71. The Kier molecular flexibility index (Phi) is 6.06. The molecule has 0 radical (unpaired) electrons. The molecule has 1 saturated heterocycles. The van der Waals surface area contributed by atoms with Crippen LogP contribution in [0.3, 0.4) is 0 Å². The average Bonchev–Trinajstić information content (AvgIpc) is 3.25. The molecule has 0 unspecified atom stereocenters. The zero-order valence-electron chi connectivity index (χ0n) is 18.7. The zero-order valence-corrected chi connectivity index (χ0v) is 18.7. The third kappa shape index (κ3) is 4.74. The number of aromatic amines is 1. The molecule has 174 valence electrons. The molecule has 33 heavy (non-hydrogen) atoms. The molecular weight excluding hydrogens is 423 g/mol. The summed E-state index contributed by atoms with van der Waals surface area (Å²) in [5.41, 5.74) is 1.16. The van der Waals surface area contributed by atoms with Crippen LogP contribution < -0.4 is 10.6 Å². The Bertz CT molecular complexity index is 1130. The van der Waals surface area contributed by atoms with Gasteiger partial charge in [0.15, 0.2) is 23.1 Å². The van der Waals surface area contributed by atoms with Crippen LogP contribution in [-0.2, 0) is 0 Å². The predicted molar refractivity (Wildman–Crippen MR) is 123 cm³/mol. The second-order valence-corrected chi connectivity index (χ2v) is 9.19. The van der Waals surface area contributed by atoms with Crippen LogP contribution >= 0.6 is 0 Å². The maximum absolute atomic E-state index is 14.6. The van der Waals surface area contributed by atoms with Gasteiger partial charge in [-0.25, -0.2) is 24.1 Å². The minimum Gasteiger partial charge on any atom is -0.365 e. The van der Waals surface area contributed by atoms with E-state index in [4.69, 9.17) is 0 Å². The average molecular weight is 453 g/mol. The van der Waals surface area contributed by atoms with Crippen LogP contribution in [0.5, 0.6) is 0 Å². The highest BCUT2D eigenvalue weighted by Crippen LogP contribution is 2.26. The number of nitrogens with one attached hydrogen (secondary N) is 3. The fourth-order valence-electron chi connectivity index (χ4n) is 4.73. The number of rotatable bonds is 4. The molecule has 2 atom stereocenters. The molecule has 0 aromatic carbocycles. The maximum atomic E-state index is 14.6. The van der Waals surface area contributed by atoms with Gasteiger partial charge in [0.2, 0.25) is 0 Å². The third-order valence-electron chi connectivity index (χ3n) is 6.71. The number of halogens is 1. The molecule has 10 heteroatoms. The molecular formula is C23H29FN8O. The molecule has 4 heterocycles. The van der Waals surface area contributed by atoms with Gasteiger partial charge in [-0.1, -0.05) is 6.92 Å². The smallest absolute Gasteiger partial charge is 0.317 e. The summed E-state index contributed by atoms with van der Waals surface area (Å²) in [5.74, 6) is 0.658. The van der Waals surface area contributed by atoms with E-state index in [2.05, 4.69) is 42.7 Å². The number of nitrogens with zero attached hydrogens (tertiary/aromatic N) is 5. The summed E-state index contributed by atoms with van der Waals surface area (Å²) in [7, 11) is 0. The second kappa shape index (κ2) is 9.29. The van der Waals surface area contributed by atoms with Crippen molar-refractivity contribution in [3.63, 3.8) is 0 Å². The van der Waals surface area contributed by atoms with E-state index in [0.29, 0.717) is 23.1 Å². The lowest BCUT2D eigenvalue weighted by Gasteiger charge is -2.35. The predicted octanol–water partition coefficient (Wildman–Crippen LogP) is 3.72. The number of piperidine rings is 1. The summed E-state index contributed by atoms with van der Waals surface area (Å²) in [4.78, 5) is 27.4. The number of carbonyl (C=O) groups is 1. The minimum absolute atomic E-state index is 0.0141. The van der Waals surface area contributed by atoms with Gasteiger partial charge >= 0.3 is 6.03 Å². The standard InChI is InChI=1S/C23H29FN8O/c1-14-7-10-32(11-8-14)23(33)28-16-5-2-4-15(12-16)27-21-18(24)13-26-22(29-21)19-17-6-3-9-25-20(17)31-30-19/h3,6,9,13-16H,2,4-5,7-8,10-12H2,1H3,(H,28,33)(H,25,30,31)(H,26,27,29)/t15-,16+/m0/s1. The molecule has 2 fully saturated rings. The highest BCUT2D eigenvalue weighted by molar-refractivity contribution is 5.88. The van der Waals surface area contributed by atoms with E-state index >= 15 is 0 Å². The first-order valence-corrected chi connectivity index (χ1v) is 11.7. The van der Waals surface area contributed by atoms with Gasteiger partial charge in [0.1, 0.15) is 5.69 Å². The van der Waals surface area contributed by atoms with Gasteiger partial charge in [-0.3, -0.25) is 5.10 Å². The van der Waals surface area contributed by atoms with Crippen LogP contribution in [-0.4, -0.2) is 61.3 Å². The molecule has 2 aliphatic rings. The monoisotopic (exact) mass is 452 g/mol. The minimum atomic E-state index is -0.509. The number of urea groups is 1. The Morgan fingerprint density at radius 1 is 1.18 bits per heavy atom. The first-order chi connectivity index (χ1) is 16.1. The first-order valence-electron chi connectivity index (χ1n) is 11.7. The fraction of sp³-hybridized carbons (Fsp3) is 0.522. The lowest BCUT2D eigenvalue weighted by atomic mass is 9.91. The van der Waals surface area contributed by atoms with Crippen molar-refractivity contribution in [3.05, 3.63) is 30.3 Å². The molecule has 0 bridgehead atoms. The van der Waals surface area contributed by atoms with Gasteiger partial charge in [0, 0.05) is 31.4 Å². The largest absolute Gasteiger partial charge is 0.365 e. The first kappa shape index (κ1) is 21.5. The van der Waals surface area contributed by atoms with Crippen LogP contribution in [0.2, 0.25) is 0 Å². The number of H-pyrrole nitrogens is 1. The molecule has 3 aromatic heterocycles. The van der Waals surface area contributed by atoms with E-state index in [-0.39, 0.29) is 23.9 Å². The Morgan fingerprint density at radius 3 is 2.85 bits per heavy atom. The number of amides is 2. The van der Waals surface area contributed by atoms with Gasteiger partial charge in [-0.15, -0.1) is 0 Å². The summed E-state index contributed by atoms with van der Waals surface area (Å²) >= 11 is 0. The van der Waals surface area contributed by atoms with Crippen molar-refractivity contribution in [2.45, 2.75) is 57.5 Å². The molecule has 1 saturated carbocycles.